The molecule has 0 aliphatic rings. The molecule has 0 fully saturated rings. The predicted molar refractivity (Wildman–Crippen MR) is 145 cm³/mol. The van der Waals surface area contributed by atoms with Crippen molar-refractivity contribution in [2.24, 2.45) is 5.10 Å². The molecule has 0 radical (unpaired) electrons. The Morgan fingerprint density at radius 3 is 2.44 bits per heavy atom. The van der Waals surface area contributed by atoms with Crippen molar-refractivity contribution >= 4 is 28.1 Å². The fraction of sp³-hybridized carbons (Fsp3) is 0.179. The molecular weight excluding hydrogens is 520 g/mol. The van der Waals surface area contributed by atoms with Crippen molar-refractivity contribution in [3.63, 3.8) is 0 Å². The van der Waals surface area contributed by atoms with E-state index >= 15 is 0 Å². The maximum atomic E-state index is 12.5. The number of amides is 1. The largest absolute Gasteiger partial charge is 0.494 e. The molecule has 184 valence electrons. The summed E-state index contributed by atoms with van der Waals surface area (Å²) in [5.74, 6) is 1.05. The van der Waals surface area contributed by atoms with E-state index < -0.39 is 6.10 Å². The van der Waals surface area contributed by atoms with Crippen LogP contribution in [0.15, 0.2) is 94.6 Å². The first kappa shape index (κ1) is 25.2. The third kappa shape index (κ3) is 6.60. The van der Waals surface area contributed by atoms with Gasteiger partial charge in [0, 0.05) is 21.8 Å². The first-order valence-corrected chi connectivity index (χ1v) is 12.5. The normalized spacial score (nSPS) is 11.9. The lowest BCUT2D eigenvalue weighted by Crippen LogP contribution is -2.33. The summed E-state index contributed by atoms with van der Waals surface area (Å²) < 4.78 is 14.1. The number of halogens is 1. The molecule has 4 aromatic rings. The van der Waals surface area contributed by atoms with Gasteiger partial charge in [-0.25, -0.2) is 10.1 Å². The van der Waals surface area contributed by atoms with Gasteiger partial charge in [-0.15, -0.1) is 0 Å². The molecule has 1 heterocycles. The molecule has 1 aromatic heterocycles. The number of carbonyl (C=O) groups excluding carboxylic acids is 1. The molecule has 0 spiro atoms. The van der Waals surface area contributed by atoms with Gasteiger partial charge in [0.25, 0.3) is 5.91 Å². The predicted octanol–water partition coefficient (Wildman–Crippen LogP) is 6.01. The Hall–Kier alpha value is -3.91. The van der Waals surface area contributed by atoms with Crippen molar-refractivity contribution in [3.8, 4) is 28.4 Å². The van der Waals surface area contributed by atoms with Crippen molar-refractivity contribution < 1.29 is 14.3 Å². The van der Waals surface area contributed by atoms with E-state index in [1.807, 2.05) is 72.9 Å². The standard InChI is InChI=1S/C28H27BrN4O3/c1-3-17-35-25-13-9-21(10-14-25)27-22(19-33(32-27)24-7-5-4-6-8-24)18-30-31-28(34)20(2)36-26-15-11-23(29)12-16-26/h4-16,18-20H,3,17H2,1-2H3,(H,31,34)/b30-18-/t20-/m1/s1. The Kier molecular flexibility index (Phi) is 8.52. The minimum atomic E-state index is -0.717. The number of carbonyl (C=O) groups is 1. The number of nitrogens with zero attached hydrogens (tertiary/aromatic N) is 3. The number of rotatable bonds is 10. The smallest absolute Gasteiger partial charge is 0.280 e. The second kappa shape index (κ2) is 12.2. The number of nitrogens with one attached hydrogen (secondary N) is 1. The van der Waals surface area contributed by atoms with Crippen molar-refractivity contribution in [2.45, 2.75) is 26.4 Å². The van der Waals surface area contributed by atoms with Gasteiger partial charge in [-0.2, -0.15) is 10.2 Å². The zero-order valence-electron chi connectivity index (χ0n) is 20.1. The minimum Gasteiger partial charge on any atom is -0.494 e. The topological polar surface area (TPSA) is 77.7 Å². The number of ether oxygens (including phenoxy) is 2. The number of hydrogen-bond donors (Lipinski definition) is 1. The van der Waals surface area contributed by atoms with Gasteiger partial charge in [0.1, 0.15) is 17.2 Å². The van der Waals surface area contributed by atoms with E-state index in [2.05, 4.69) is 33.4 Å². The highest BCUT2D eigenvalue weighted by atomic mass is 79.9. The molecule has 1 atom stereocenters. The molecular formula is C28H27BrN4O3. The Bertz CT molecular complexity index is 1300. The Balaban J connectivity index is 1.51. The van der Waals surface area contributed by atoms with E-state index in [1.54, 1.807) is 30.0 Å². The summed E-state index contributed by atoms with van der Waals surface area (Å²) in [5.41, 5.74) is 5.88. The molecule has 7 nitrogen and oxygen atoms in total. The van der Waals surface area contributed by atoms with Gasteiger partial charge in [-0.1, -0.05) is 41.1 Å². The van der Waals surface area contributed by atoms with Gasteiger partial charge in [0.05, 0.1) is 18.5 Å². The van der Waals surface area contributed by atoms with Gasteiger partial charge in [0.2, 0.25) is 0 Å². The lowest BCUT2D eigenvalue weighted by molar-refractivity contribution is -0.127. The van der Waals surface area contributed by atoms with Crippen LogP contribution in [0.1, 0.15) is 25.8 Å². The molecule has 1 N–H and O–H groups in total. The summed E-state index contributed by atoms with van der Waals surface area (Å²) in [5, 5.41) is 8.96. The van der Waals surface area contributed by atoms with Crippen LogP contribution in [0.2, 0.25) is 0 Å². The van der Waals surface area contributed by atoms with Gasteiger partial charge in [-0.05, 0) is 74.0 Å². The van der Waals surface area contributed by atoms with Gasteiger partial charge >= 0.3 is 0 Å². The van der Waals surface area contributed by atoms with Gasteiger partial charge in [-0.3, -0.25) is 4.79 Å². The molecule has 3 aromatic carbocycles. The van der Waals surface area contributed by atoms with Crippen molar-refractivity contribution in [1.29, 1.82) is 0 Å². The maximum absolute atomic E-state index is 12.5. The SMILES string of the molecule is CCCOc1ccc(-c2nn(-c3ccccc3)cc2/C=N\NC(=O)[C@@H](C)Oc2ccc(Br)cc2)cc1. The summed E-state index contributed by atoms with van der Waals surface area (Å²) >= 11 is 3.38. The first-order valence-electron chi connectivity index (χ1n) is 11.7. The van der Waals surface area contributed by atoms with Crippen LogP contribution < -0.4 is 14.9 Å². The Morgan fingerprint density at radius 1 is 1.06 bits per heavy atom. The third-order valence-corrected chi connectivity index (χ3v) is 5.77. The number of hydrogen-bond acceptors (Lipinski definition) is 5. The van der Waals surface area contributed by atoms with Crippen LogP contribution >= 0.6 is 15.9 Å². The van der Waals surface area contributed by atoms with Crippen molar-refractivity contribution in [1.82, 2.24) is 15.2 Å². The van der Waals surface area contributed by atoms with Crippen molar-refractivity contribution in [2.75, 3.05) is 6.61 Å². The molecule has 0 unspecified atom stereocenters. The van der Waals surface area contributed by atoms with Crippen LogP contribution in [0, 0.1) is 0 Å². The summed E-state index contributed by atoms with van der Waals surface area (Å²) in [6, 6.07) is 24.9. The van der Waals surface area contributed by atoms with E-state index in [1.165, 1.54) is 0 Å². The second-order valence-electron chi connectivity index (χ2n) is 8.03. The molecule has 0 saturated carbocycles. The van der Waals surface area contributed by atoms with E-state index in [9.17, 15) is 4.79 Å². The Labute approximate surface area is 218 Å². The molecule has 8 heteroatoms. The lowest BCUT2D eigenvalue weighted by Gasteiger charge is -2.12. The van der Waals surface area contributed by atoms with Crippen LogP contribution in [0.4, 0.5) is 0 Å². The van der Waals surface area contributed by atoms with E-state index in [0.29, 0.717) is 12.4 Å². The molecule has 0 saturated heterocycles. The Morgan fingerprint density at radius 2 is 1.75 bits per heavy atom. The monoisotopic (exact) mass is 546 g/mol. The summed E-state index contributed by atoms with van der Waals surface area (Å²) in [6.07, 6.45) is 3.70. The highest BCUT2D eigenvalue weighted by molar-refractivity contribution is 9.10. The average Bonchev–Trinajstić information content (AvgIpc) is 3.33. The van der Waals surface area contributed by atoms with Crippen LogP contribution in [0.3, 0.4) is 0 Å². The van der Waals surface area contributed by atoms with Gasteiger partial charge in [0.15, 0.2) is 6.10 Å². The van der Waals surface area contributed by atoms with Crippen LogP contribution in [0.25, 0.3) is 16.9 Å². The third-order valence-electron chi connectivity index (χ3n) is 5.24. The van der Waals surface area contributed by atoms with E-state index in [4.69, 9.17) is 14.6 Å². The van der Waals surface area contributed by atoms with Crippen LogP contribution in [-0.2, 0) is 4.79 Å². The fourth-order valence-corrected chi connectivity index (χ4v) is 3.64. The summed E-state index contributed by atoms with van der Waals surface area (Å²) in [6.45, 7) is 4.42. The van der Waals surface area contributed by atoms with E-state index in [-0.39, 0.29) is 5.91 Å². The minimum absolute atomic E-state index is 0.358. The fourth-order valence-electron chi connectivity index (χ4n) is 3.38. The van der Waals surface area contributed by atoms with Gasteiger partial charge < -0.3 is 9.47 Å². The molecule has 1 amide bonds. The number of hydrazone groups is 1. The average molecular weight is 547 g/mol. The number of para-hydroxylation sites is 1. The summed E-state index contributed by atoms with van der Waals surface area (Å²) in [7, 11) is 0. The molecule has 0 aliphatic heterocycles. The van der Waals surface area contributed by atoms with Crippen molar-refractivity contribution in [3.05, 3.63) is 95.1 Å². The quantitative estimate of drug-likeness (QED) is 0.195. The zero-order valence-corrected chi connectivity index (χ0v) is 21.7. The zero-order chi connectivity index (χ0) is 25.3. The second-order valence-corrected chi connectivity index (χ2v) is 8.95. The van der Waals surface area contributed by atoms with Crippen LogP contribution in [0.5, 0.6) is 11.5 Å². The maximum Gasteiger partial charge on any atom is 0.280 e. The number of benzene rings is 3. The highest BCUT2D eigenvalue weighted by Crippen LogP contribution is 2.25. The van der Waals surface area contributed by atoms with E-state index in [0.717, 1.165) is 39.2 Å². The molecule has 0 aliphatic carbocycles. The molecule has 0 bridgehead atoms. The van der Waals surface area contributed by atoms with Crippen LogP contribution in [-0.4, -0.2) is 34.6 Å². The molecule has 36 heavy (non-hydrogen) atoms. The first-order chi connectivity index (χ1) is 17.5. The summed E-state index contributed by atoms with van der Waals surface area (Å²) in [4.78, 5) is 12.5. The number of aromatic nitrogens is 2. The molecule has 4 rings (SSSR count). The highest BCUT2D eigenvalue weighted by Gasteiger charge is 2.15. The lowest BCUT2D eigenvalue weighted by atomic mass is 10.1.